The van der Waals surface area contributed by atoms with E-state index in [1.807, 2.05) is 0 Å². The van der Waals surface area contributed by atoms with Crippen LogP contribution in [0, 0.1) is 16.8 Å². The highest BCUT2D eigenvalue weighted by Gasteiger charge is 2.27. The Kier molecular flexibility index (Phi) is 7.12. The summed E-state index contributed by atoms with van der Waals surface area (Å²) in [6.45, 7) is -2.87. The van der Waals surface area contributed by atoms with Gasteiger partial charge < -0.3 is 5.21 Å². The average Bonchev–Trinajstić information content (AvgIpc) is 3.76. The topological polar surface area (TPSA) is 106 Å². The number of halogens is 5. The molecule has 0 radical (unpaired) electrons. The lowest BCUT2D eigenvalue weighted by Gasteiger charge is -2.18. The van der Waals surface area contributed by atoms with Crippen molar-refractivity contribution in [3.63, 3.8) is 0 Å². The van der Waals surface area contributed by atoms with Crippen molar-refractivity contribution in [1.29, 1.82) is 0 Å². The summed E-state index contributed by atoms with van der Waals surface area (Å²) in [4.78, 5) is 0. The highest BCUT2D eigenvalue weighted by molar-refractivity contribution is 6.31. The first kappa shape index (κ1) is 27.1. The van der Waals surface area contributed by atoms with Gasteiger partial charge in [-0.1, -0.05) is 23.7 Å². The van der Waals surface area contributed by atoms with Crippen LogP contribution in [-0.4, -0.2) is 39.8 Å². The molecule has 10 nitrogen and oxygen atoms in total. The number of benzene rings is 2. The fraction of sp³-hybridized carbons (Fsp3) is 0.111. The summed E-state index contributed by atoms with van der Waals surface area (Å²) in [7, 11) is 0. The van der Waals surface area contributed by atoms with Crippen molar-refractivity contribution in [3.05, 3.63) is 119 Å². The number of nitrogens with zero attached hydrogens (tertiary/aromatic N) is 9. The zero-order valence-corrected chi connectivity index (χ0v) is 22.0. The third kappa shape index (κ3) is 5.07. The largest absolute Gasteiger partial charge is 0.618 e. The Bertz CT molecular complexity index is 1860. The van der Waals surface area contributed by atoms with E-state index in [0.717, 1.165) is 0 Å². The first-order valence-corrected chi connectivity index (χ1v) is 12.7. The van der Waals surface area contributed by atoms with Gasteiger partial charge in [-0.15, -0.1) is 5.10 Å². The molecule has 212 valence electrons. The average molecular weight is 596 g/mol. The molecule has 0 aliphatic rings. The maximum absolute atomic E-state index is 15.3. The number of aromatic nitrogens is 9. The summed E-state index contributed by atoms with van der Waals surface area (Å²) in [5, 5.41) is 32.4. The van der Waals surface area contributed by atoms with Crippen LogP contribution in [0.25, 0.3) is 28.1 Å². The molecule has 2 aromatic carbocycles. The molecule has 0 spiro atoms. The molecule has 0 fully saturated rings. The molecule has 0 unspecified atom stereocenters. The van der Waals surface area contributed by atoms with E-state index in [2.05, 4.69) is 25.7 Å². The minimum atomic E-state index is -2.87. The van der Waals surface area contributed by atoms with E-state index in [4.69, 9.17) is 11.6 Å². The Morgan fingerprint density at radius 3 is 2.48 bits per heavy atom. The molecule has 0 bridgehead atoms. The lowest BCUT2D eigenvalue weighted by molar-refractivity contribution is -0.615. The summed E-state index contributed by atoms with van der Waals surface area (Å²) in [6, 6.07) is 12.3. The molecule has 0 amide bonds. The van der Waals surface area contributed by atoms with Crippen LogP contribution in [0.3, 0.4) is 0 Å². The Morgan fingerprint density at radius 1 is 0.952 bits per heavy atom. The zero-order valence-electron chi connectivity index (χ0n) is 21.3. The van der Waals surface area contributed by atoms with Gasteiger partial charge in [-0.25, -0.2) is 13.5 Å². The van der Waals surface area contributed by atoms with Crippen LogP contribution in [0.2, 0.25) is 5.02 Å². The molecule has 4 aromatic heterocycles. The normalized spacial score (nSPS) is 12.2. The molecule has 4 heterocycles. The second-order valence-corrected chi connectivity index (χ2v) is 9.58. The first-order valence-electron chi connectivity index (χ1n) is 12.4. The standard InChI is InChI=1S/C27H18ClF4N9O/c28-20-6-8-23(39-15-33-36-37-39)25(26(20)30)17-3-7-22(40(42)14-17)24(11-16-1-4-19(29)5-2-16)38-13-18(12-35-38)21-9-10-34-41(21)27(31)32/h1-10,12-15,24,27H,11H2/t24-/m1/s1. The second-order valence-electron chi connectivity index (χ2n) is 9.17. The summed E-state index contributed by atoms with van der Waals surface area (Å²) < 4.78 is 59.6. The summed E-state index contributed by atoms with van der Waals surface area (Å²) in [5.41, 5.74) is 1.81. The summed E-state index contributed by atoms with van der Waals surface area (Å²) in [5.74, 6) is -1.20. The van der Waals surface area contributed by atoms with E-state index in [9.17, 15) is 18.4 Å². The predicted molar refractivity (Wildman–Crippen MR) is 141 cm³/mol. The van der Waals surface area contributed by atoms with E-state index < -0.39 is 24.2 Å². The number of alkyl halides is 2. The number of hydrogen-bond donors (Lipinski definition) is 0. The van der Waals surface area contributed by atoms with Crippen molar-refractivity contribution in [1.82, 2.24) is 39.8 Å². The minimum absolute atomic E-state index is 0.00247. The van der Waals surface area contributed by atoms with Crippen LogP contribution >= 0.6 is 11.6 Å². The molecule has 15 heteroatoms. The molecule has 42 heavy (non-hydrogen) atoms. The lowest BCUT2D eigenvalue weighted by Crippen LogP contribution is -2.36. The van der Waals surface area contributed by atoms with Crippen LogP contribution in [-0.2, 0) is 6.42 Å². The van der Waals surface area contributed by atoms with Gasteiger partial charge in [0.15, 0.2) is 12.0 Å². The molecule has 1 atom stereocenters. The maximum atomic E-state index is 15.3. The van der Waals surface area contributed by atoms with Crippen LogP contribution in [0.5, 0.6) is 0 Å². The van der Waals surface area contributed by atoms with Crippen molar-refractivity contribution in [2.75, 3.05) is 0 Å². The Labute approximate surface area is 239 Å². The van der Waals surface area contributed by atoms with Crippen LogP contribution in [0.1, 0.15) is 23.8 Å². The highest BCUT2D eigenvalue weighted by Crippen LogP contribution is 2.34. The van der Waals surface area contributed by atoms with Crippen molar-refractivity contribution >= 4 is 11.6 Å². The van der Waals surface area contributed by atoms with Gasteiger partial charge in [0.05, 0.1) is 33.7 Å². The van der Waals surface area contributed by atoms with Crippen LogP contribution in [0.4, 0.5) is 17.6 Å². The molecular weight excluding hydrogens is 578 g/mol. The number of rotatable bonds is 8. The lowest BCUT2D eigenvalue weighted by atomic mass is 10.00. The second kappa shape index (κ2) is 11.0. The fourth-order valence-corrected chi connectivity index (χ4v) is 4.85. The number of pyridine rings is 1. The van der Waals surface area contributed by atoms with Gasteiger partial charge in [0, 0.05) is 30.4 Å². The van der Waals surface area contributed by atoms with E-state index in [-0.39, 0.29) is 39.6 Å². The highest BCUT2D eigenvalue weighted by atomic mass is 35.5. The smallest absolute Gasteiger partial charge is 0.333 e. The SMILES string of the molecule is [O-][n+]1cc(-c2c(-n3cnnn3)ccc(Cl)c2F)ccc1[C@@H](Cc1ccc(F)cc1)n1cc(-c2ccnn2C(F)F)cn1. The predicted octanol–water partition coefficient (Wildman–Crippen LogP) is 5.18. The molecule has 6 aromatic rings. The van der Waals surface area contributed by atoms with E-state index >= 15 is 4.39 Å². The van der Waals surface area contributed by atoms with Crippen LogP contribution < -0.4 is 4.73 Å². The number of hydrogen-bond acceptors (Lipinski definition) is 6. The maximum Gasteiger partial charge on any atom is 0.333 e. The Hall–Kier alpha value is -5.11. The molecule has 0 saturated heterocycles. The van der Waals surface area contributed by atoms with E-state index in [1.165, 1.54) is 76.9 Å². The van der Waals surface area contributed by atoms with Gasteiger partial charge in [-0.2, -0.15) is 28.4 Å². The van der Waals surface area contributed by atoms with Gasteiger partial charge in [0.1, 0.15) is 18.2 Å². The van der Waals surface area contributed by atoms with Crippen molar-refractivity contribution in [2.45, 2.75) is 19.0 Å². The fourth-order valence-electron chi connectivity index (χ4n) is 4.69. The van der Waals surface area contributed by atoms with E-state index in [0.29, 0.717) is 20.5 Å². The molecule has 6 rings (SSSR count). The van der Waals surface area contributed by atoms with Gasteiger partial charge in [-0.05, 0) is 52.4 Å². The van der Waals surface area contributed by atoms with Crippen molar-refractivity contribution in [2.24, 2.45) is 0 Å². The first-order chi connectivity index (χ1) is 20.3. The molecule has 0 saturated carbocycles. The van der Waals surface area contributed by atoms with Crippen molar-refractivity contribution < 1.29 is 22.3 Å². The molecule has 0 aliphatic carbocycles. The van der Waals surface area contributed by atoms with Gasteiger partial charge >= 0.3 is 6.55 Å². The van der Waals surface area contributed by atoms with E-state index in [1.54, 1.807) is 18.2 Å². The van der Waals surface area contributed by atoms with Gasteiger partial charge in [-0.3, -0.25) is 4.68 Å². The van der Waals surface area contributed by atoms with Crippen LogP contribution in [0.15, 0.2) is 85.7 Å². The third-order valence-electron chi connectivity index (χ3n) is 6.66. The summed E-state index contributed by atoms with van der Waals surface area (Å²) >= 11 is 6.06. The minimum Gasteiger partial charge on any atom is -0.618 e. The molecule has 0 aliphatic heterocycles. The molecular formula is C27H18ClF4N9O. The Balaban J connectivity index is 1.44. The zero-order chi connectivity index (χ0) is 29.4. The van der Waals surface area contributed by atoms with Gasteiger partial charge in [0.25, 0.3) is 0 Å². The molecule has 0 N–H and O–H groups in total. The third-order valence-corrected chi connectivity index (χ3v) is 6.95. The summed E-state index contributed by atoms with van der Waals surface area (Å²) in [6.07, 6.45) is 6.81. The quantitative estimate of drug-likeness (QED) is 0.136. The monoisotopic (exact) mass is 595 g/mol. The van der Waals surface area contributed by atoms with Crippen molar-refractivity contribution in [3.8, 4) is 28.1 Å². The Morgan fingerprint density at radius 2 is 1.76 bits per heavy atom. The number of tetrazole rings is 1. The van der Waals surface area contributed by atoms with Gasteiger partial charge in [0.2, 0.25) is 5.69 Å².